The molecule has 150 valence electrons. The van der Waals surface area contributed by atoms with Crippen LogP contribution in [0, 0.1) is 11.3 Å². The first kappa shape index (κ1) is 23.1. The maximum atomic E-state index is 11.4. The molecule has 1 amide bonds. The summed E-state index contributed by atoms with van der Waals surface area (Å²) >= 11 is 1.51. The van der Waals surface area contributed by atoms with Crippen molar-refractivity contribution in [3.8, 4) is 6.07 Å². The summed E-state index contributed by atoms with van der Waals surface area (Å²) in [4.78, 5) is 24.0. The molecule has 0 bridgehead atoms. The normalized spacial score (nSPS) is 12.8. The second-order valence-corrected chi connectivity index (χ2v) is 6.99. The van der Waals surface area contributed by atoms with Crippen molar-refractivity contribution < 1.29 is 19.8 Å². The van der Waals surface area contributed by atoms with E-state index in [1.165, 1.54) is 23.5 Å². The molecule has 2 rings (SSSR count). The molecular weight excluding hydrogens is 378 g/mol. The van der Waals surface area contributed by atoms with Crippen LogP contribution >= 0.6 is 11.3 Å². The van der Waals surface area contributed by atoms with Gasteiger partial charge in [0.25, 0.3) is 0 Å². The van der Waals surface area contributed by atoms with E-state index in [2.05, 4.69) is 24.5 Å². The zero-order valence-corrected chi connectivity index (χ0v) is 16.7. The number of aliphatic hydroxyl groups is 2. The van der Waals surface area contributed by atoms with Crippen molar-refractivity contribution in [3.63, 3.8) is 0 Å². The maximum absolute atomic E-state index is 11.4. The third-order valence-electron chi connectivity index (χ3n) is 4.09. The Balaban J connectivity index is 0.000000311. The Hall–Kier alpha value is -2.89. The van der Waals surface area contributed by atoms with Crippen LogP contribution in [0.2, 0.25) is 0 Å². The smallest absolute Gasteiger partial charge is 0.248 e. The minimum Gasteiger partial charge on any atom is -0.508 e. The molecule has 1 aliphatic heterocycles. The lowest BCUT2D eigenvalue weighted by molar-refractivity contribution is -0.135. The third kappa shape index (κ3) is 6.08. The number of nitrogens with one attached hydrogen (secondary N) is 1. The highest BCUT2D eigenvalue weighted by Gasteiger charge is 2.26. The zero-order chi connectivity index (χ0) is 21.1. The van der Waals surface area contributed by atoms with Gasteiger partial charge in [0.1, 0.15) is 29.7 Å². The summed E-state index contributed by atoms with van der Waals surface area (Å²) in [5.74, 6) is -0.157. The average molecular weight is 404 g/mol. The number of nitriles is 1. The van der Waals surface area contributed by atoms with Gasteiger partial charge in [-0.2, -0.15) is 5.26 Å². The van der Waals surface area contributed by atoms with Gasteiger partial charge in [-0.1, -0.05) is 19.2 Å². The fourth-order valence-electron chi connectivity index (χ4n) is 2.60. The lowest BCUT2D eigenvalue weighted by Crippen LogP contribution is -2.37. The van der Waals surface area contributed by atoms with E-state index < -0.39 is 6.61 Å². The van der Waals surface area contributed by atoms with Crippen molar-refractivity contribution >= 4 is 28.5 Å². The second kappa shape index (κ2) is 11.7. The zero-order valence-electron chi connectivity index (χ0n) is 15.9. The third-order valence-corrected chi connectivity index (χ3v) is 5.32. The first-order chi connectivity index (χ1) is 13.4. The number of fused-ring (bicyclic) bond motifs is 1. The highest BCUT2D eigenvalue weighted by molar-refractivity contribution is 7.16. The number of rotatable bonds is 7. The second-order valence-electron chi connectivity index (χ2n) is 5.89. The minimum absolute atomic E-state index is 0.0989. The SMILES string of the molecule is C=C/C=C(/O)C(=C)CCC=O.CNc1sc2c(c1C#N)CCN(C(=O)CO)C2. The standard InChI is InChI=1S/C11H13N3O2S.C9H12O2/c1-13-11-8(4-12)7-2-3-14(10(16)6-15)5-9(7)17-11;1-3-5-9(11)8(2)6-4-7-10/h13,15H,2-3,5-6H2,1H3;3,5,7,11H,1-2,4,6H2/b;9-5+. The molecule has 1 aliphatic rings. The number of carbonyl (C=O) groups excluding carboxylic acids is 2. The summed E-state index contributed by atoms with van der Waals surface area (Å²) in [6.45, 7) is 7.61. The fraction of sp³-hybridized carbons (Fsp3) is 0.350. The van der Waals surface area contributed by atoms with Crippen LogP contribution in [-0.4, -0.2) is 47.5 Å². The van der Waals surface area contributed by atoms with Crippen LogP contribution in [-0.2, 0) is 22.6 Å². The van der Waals surface area contributed by atoms with Gasteiger partial charge in [-0.25, -0.2) is 0 Å². The molecule has 0 spiro atoms. The van der Waals surface area contributed by atoms with E-state index in [1.54, 1.807) is 11.9 Å². The van der Waals surface area contributed by atoms with E-state index in [0.29, 0.717) is 43.5 Å². The van der Waals surface area contributed by atoms with Gasteiger partial charge in [0, 0.05) is 24.9 Å². The number of nitrogens with zero attached hydrogens (tertiary/aromatic N) is 2. The number of aldehydes is 1. The first-order valence-corrected chi connectivity index (χ1v) is 9.49. The molecule has 28 heavy (non-hydrogen) atoms. The predicted molar refractivity (Wildman–Crippen MR) is 110 cm³/mol. The van der Waals surface area contributed by atoms with Crippen molar-refractivity contribution in [2.24, 2.45) is 0 Å². The molecular formula is C20H25N3O4S. The van der Waals surface area contributed by atoms with Gasteiger partial charge in [-0.3, -0.25) is 4.79 Å². The lowest BCUT2D eigenvalue weighted by Gasteiger charge is -2.26. The van der Waals surface area contributed by atoms with Crippen molar-refractivity contribution in [2.45, 2.75) is 25.8 Å². The van der Waals surface area contributed by atoms with Crippen LogP contribution in [0.3, 0.4) is 0 Å². The monoisotopic (exact) mass is 403 g/mol. The predicted octanol–water partition coefficient (Wildman–Crippen LogP) is 2.69. The molecule has 0 radical (unpaired) electrons. The lowest BCUT2D eigenvalue weighted by atomic mass is 10.0. The van der Waals surface area contributed by atoms with E-state index >= 15 is 0 Å². The van der Waals surface area contributed by atoms with Gasteiger partial charge >= 0.3 is 0 Å². The van der Waals surface area contributed by atoms with Crippen molar-refractivity contribution in [2.75, 3.05) is 25.5 Å². The Kier molecular flexibility index (Phi) is 9.71. The highest BCUT2D eigenvalue weighted by Crippen LogP contribution is 2.36. The molecule has 0 saturated carbocycles. The summed E-state index contributed by atoms with van der Waals surface area (Å²) < 4.78 is 0. The van der Waals surface area contributed by atoms with Crippen LogP contribution in [0.25, 0.3) is 0 Å². The van der Waals surface area contributed by atoms with Gasteiger partial charge < -0.3 is 25.2 Å². The summed E-state index contributed by atoms with van der Waals surface area (Å²) in [5.41, 5.74) is 2.31. The summed E-state index contributed by atoms with van der Waals surface area (Å²) in [6.07, 6.45) is 5.30. The molecule has 1 aromatic heterocycles. The van der Waals surface area contributed by atoms with E-state index in [1.807, 2.05) is 0 Å². The first-order valence-electron chi connectivity index (χ1n) is 8.67. The van der Waals surface area contributed by atoms with Crippen LogP contribution in [0.15, 0.2) is 36.6 Å². The Bertz CT molecular complexity index is 805. The Morgan fingerprint density at radius 2 is 2.21 bits per heavy atom. The molecule has 7 nitrogen and oxygen atoms in total. The molecule has 1 aromatic rings. The quantitative estimate of drug-likeness (QED) is 0.366. The van der Waals surface area contributed by atoms with Crippen molar-refractivity contribution in [1.82, 2.24) is 4.90 Å². The number of hydrogen-bond donors (Lipinski definition) is 3. The Labute approximate surface area is 168 Å². The Morgan fingerprint density at radius 1 is 1.50 bits per heavy atom. The number of anilines is 1. The van der Waals surface area contributed by atoms with E-state index in [4.69, 9.17) is 15.5 Å². The van der Waals surface area contributed by atoms with Crippen LogP contribution < -0.4 is 5.32 Å². The number of hydrogen-bond acceptors (Lipinski definition) is 7. The fourth-order valence-corrected chi connectivity index (χ4v) is 3.77. The minimum atomic E-state index is -0.454. The molecule has 8 heteroatoms. The Morgan fingerprint density at radius 3 is 2.75 bits per heavy atom. The average Bonchev–Trinajstić information content (AvgIpc) is 3.08. The number of aliphatic hydroxyl groups excluding tert-OH is 2. The van der Waals surface area contributed by atoms with Crippen molar-refractivity contribution in [3.05, 3.63) is 52.6 Å². The largest absolute Gasteiger partial charge is 0.508 e. The summed E-state index contributed by atoms with van der Waals surface area (Å²) in [6, 6.07) is 2.21. The molecule has 3 N–H and O–H groups in total. The number of carbonyl (C=O) groups is 2. The highest BCUT2D eigenvalue weighted by atomic mass is 32.1. The van der Waals surface area contributed by atoms with E-state index in [0.717, 1.165) is 21.7 Å². The summed E-state index contributed by atoms with van der Waals surface area (Å²) in [5, 5.41) is 30.9. The van der Waals surface area contributed by atoms with Crippen LogP contribution in [0.5, 0.6) is 0 Å². The van der Waals surface area contributed by atoms with Gasteiger partial charge in [0.2, 0.25) is 5.91 Å². The van der Waals surface area contributed by atoms with Gasteiger partial charge in [0.05, 0.1) is 12.1 Å². The molecule has 0 fully saturated rings. The van der Waals surface area contributed by atoms with Crippen LogP contribution in [0.1, 0.15) is 28.8 Å². The number of amides is 1. The molecule has 0 saturated heterocycles. The van der Waals surface area contributed by atoms with Crippen molar-refractivity contribution in [1.29, 1.82) is 5.26 Å². The topological polar surface area (TPSA) is 114 Å². The van der Waals surface area contributed by atoms with Gasteiger partial charge in [-0.15, -0.1) is 11.3 Å². The molecule has 0 aromatic carbocycles. The number of allylic oxidation sites excluding steroid dienone is 3. The van der Waals surface area contributed by atoms with Gasteiger partial charge in [-0.05, 0) is 30.1 Å². The molecule has 0 unspecified atom stereocenters. The van der Waals surface area contributed by atoms with Crippen LogP contribution in [0.4, 0.5) is 5.00 Å². The molecule has 0 atom stereocenters. The summed E-state index contributed by atoms with van der Waals surface area (Å²) in [7, 11) is 1.79. The molecule has 0 aliphatic carbocycles. The van der Waals surface area contributed by atoms with E-state index in [-0.39, 0.29) is 11.7 Å². The van der Waals surface area contributed by atoms with E-state index in [9.17, 15) is 9.59 Å². The van der Waals surface area contributed by atoms with Gasteiger partial charge in [0.15, 0.2) is 0 Å². The maximum Gasteiger partial charge on any atom is 0.248 e. The molecule has 2 heterocycles. The number of thiophene rings is 1.